The fourth-order valence-electron chi connectivity index (χ4n) is 1.61. The van der Waals surface area contributed by atoms with Crippen LogP contribution in [-0.2, 0) is 16.0 Å². The Morgan fingerprint density at radius 3 is 2.67 bits per heavy atom. The number of benzene rings is 1. The van der Waals surface area contributed by atoms with Crippen LogP contribution in [0.5, 0.6) is 5.88 Å². The lowest BCUT2D eigenvalue weighted by Crippen LogP contribution is -2.14. The van der Waals surface area contributed by atoms with Gasteiger partial charge < -0.3 is 10.1 Å². The first-order valence-corrected chi connectivity index (χ1v) is 7.46. The number of aromatic nitrogens is 1. The maximum absolute atomic E-state index is 11.9. The molecule has 1 N–H and O–H groups in total. The van der Waals surface area contributed by atoms with Gasteiger partial charge in [0.25, 0.3) is 0 Å². The van der Waals surface area contributed by atoms with Gasteiger partial charge in [-0.3, -0.25) is 9.59 Å². The summed E-state index contributed by atoms with van der Waals surface area (Å²) in [6.45, 7) is 3.71. The number of ether oxygens (including phenoxy) is 1. The highest BCUT2D eigenvalue weighted by Gasteiger charge is 2.10. The number of hydrogen-bond acceptors (Lipinski definition) is 5. The van der Waals surface area contributed by atoms with Gasteiger partial charge in [-0.2, -0.15) is 4.98 Å². The molecule has 1 aromatic carbocycles. The molecule has 2 rings (SSSR count). The summed E-state index contributed by atoms with van der Waals surface area (Å²) < 4.78 is 4.97. The van der Waals surface area contributed by atoms with E-state index >= 15 is 0 Å². The summed E-state index contributed by atoms with van der Waals surface area (Å²) >= 11 is 1.22. The Bertz CT molecular complexity index is 635. The molecule has 0 saturated carbocycles. The number of hydrogen-bond donors (Lipinski definition) is 1. The minimum Gasteiger partial charge on any atom is -0.406 e. The molecule has 0 aliphatic rings. The van der Waals surface area contributed by atoms with Crippen LogP contribution >= 0.6 is 11.3 Å². The first-order valence-electron chi connectivity index (χ1n) is 6.58. The number of aryl methyl sites for hydroxylation is 1. The van der Waals surface area contributed by atoms with Crippen LogP contribution in [0.15, 0.2) is 29.6 Å². The van der Waals surface area contributed by atoms with Crippen molar-refractivity contribution in [2.45, 2.75) is 26.7 Å². The summed E-state index contributed by atoms with van der Waals surface area (Å²) in [6.07, 6.45) is 0.566. The standard InChI is InChI=1S/C15H16N2O3S/c1-3-14(19)20-13-9-21-15(17-13)16-12(18)8-11-6-4-10(2)5-7-11/h4-7,9H,3,8H2,1-2H3,(H,16,17,18). The number of esters is 1. The Hall–Kier alpha value is -2.21. The summed E-state index contributed by atoms with van der Waals surface area (Å²) in [5, 5.41) is 4.71. The van der Waals surface area contributed by atoms with Crippen LogP contribution in [-0.4, -0.2) is 16.9 Å². The van der Waals surface area contributed by atoms with Gasteiger partial charge in [0.15, 0.2) is 5.13 Å². The van der Waals surface area contributed by atoms with Crippen LogP contribution in [0.3, 0.4) is 0 Å². The van der Waals surface area contributed by atoms with Crippen molar-refractivity contribution in [3.8, 4) is 5.88 Å². The van der Waals surface area contributed by atoms with Crippen molar-refractivity contribution in [2.75, 3.05) is 5.32 Å². The second kappa shape index (κ2) is 6.99. The molecule has 1 aromatic heterocycles. The van der Waals surface area contributed by atoms with Gasteiger partial charge in [0.05, 0.1) is 11.8 Å². The van der Waals surface area contributed by atoms with Gasteiger partial charge in [0.2, 0.25) is 11.8 Å². The van der Waals surface area contributed by atoms with Gasteiger partial charge in [0, 0.05) is 6.42 Å². The molecule has 0 saturated heterocycles. The summed E-state index contributed by atoms with van der Waals surface area (Å²) in [5.41, 5.74) is 2.09. The average Bonchev–Trinajstić information content (AvgIpc) is 2.88. The predicted octanol–water partition coefficient (Wildman–Crippen LogP) is 2.95. The minimum absolute atomic E-state index is 0.151. The van der Waals surface area contributed by atoms with Crippen molar-refractivity contribution < 1.29 is 14.3 Å². The second-order valence-electron chi connectivity index (χ2n) is 4.53. The minimum atomic E-state index is -0.349. The Morgan fingerprint density at radius 1 is 1.29 bits per heavy atom. The molecule has 0 aliphatic carbocycles. The topological polar surface area (TPSA) is 68.3 Å². The number of anilines is 1. The molecule has 0 fully saturated rings. The van der Waals surface area contributed by atoms with E-state index in [-0.39, 0.29) is 30.6 Å². The summed E-state index contributed by atoms with van der Waals surface area (Å²) in [4.78, 5) is 27.1. The second-order valence-corrected chi connectivity index (χ2v) is 5.39. The fraction of sp³-hybridized carbons (Fsp3) is 0.267. The third kappa shape index (κ3) is 4.68. The van der Waals surface area contributed by atoms with Gasteiger partial charge in [-0.15, -0.1) is 11.3 Å². The molecular weight excluding hydrogens is 288 g/mol. The molecule has 0 bridgehead atoms. The average molecular weight is 304 g/mol. The van der Waals surface area contributed by atoms with Gasteiger partial charge in [0.1, 0.15) is 0 Å². The van der Waals surface area contributed by atoms with Gasteiger partial charge in [-0.1, -0.05) is 36.8 Å². The van der Waals surface area contributed by atoms with Crippen LogP contribution in [0, 0.1) is 6.92 Å². The van der Waals surface area contributed by atoms with E-state index in [2.05, 4.69) is 10.3 Å². The third-order valence-corrected chi connectivity index (χ3v) is 3.46. The molecule has 0 atom stereocenters. The van der Waals surface area contributed by atoms with Gasteiger partial charge in [-0.25, -0.2) is 0 Å². The van der Waals surface area contributed by atoms with Crippen molar-refractivity contribution in [1.82, 2.24) is 4.98 Å². The molecule has 0 aliphatic heterocycles. The molecular formula is C15H16N2O3S. The first-order chi connectivity index (χ1) is 10.1. The molecule has 2 aromatic rings. The highest BCUT2D eigenvalue weighted by Crippen LogP contribution is 2.21. The highest BCUT2D eigenvalue weighted by atomic mass is 32.1. The van der Waals surface area contributed by atoms with E-state index in [1.807, 2.05) is 31.2 Å². The molecule has 1 amide bonds. The number of carbonyl (C=O) groups is 2. The summed E-state index contributed by atoms with van der Waals surface area (Å²) in [5.74, 6) is -0.281. The lowest BCUT2D eigenvalue weighted by molar-refractivity contribution is -0.134. The fourth-order valence-corrected chi connectivity index (χ4v) is 2.24. The predicted molar refractivity (Wildman–Crippen MR) is 81.6 cm³/mol. The van der Waals surface area contributed by atoms with E-state index in [4.69, 9.17) is 4.74 Å². The van der Waals surface area contributed by atoms with E-state index in [0.717, 1.165) is 11.1 Å². The lowest BCUT2D eigenvalue weighted by atomic mass is 10.1. The third-order valence-electron chi connectivity index (χ3n) is 2.72. The number of carbonyl (C=O) groups excluding carboxylic acids is 2. The van der Waals surface area contributed by atoms with Gasteiger partial charge in [-0.05, 0) is 12.5 Å². The van der Waals surface area contributed by atoms with E-state index < -0.39 is 0 Å². The molecule has 5 nitrogen and oxygen atoms in total. The van der Waals surface area contributed by atoms with E-state index in [0.29, 0.717) is 5.13 Å². The van der Waals surface area contributed by atoms with E-state index in [1.54, 1.807) is 12.3 Å². The SMILES string of the molecule is CCC(=O)Oc1csc(NC(=O)Cc2ccc(C)cc2)n1. The molecule has 6 heteroatoms. The van der Waals surface area contributed by atoms with Gasteiger partial charge >= 0.3 is 5.97 Å². The summed E-state index contributed by atoms with van der Waals surface area (Å²) in [7, 11) is 0. The number of nitrogens with zero attached hydrogens (tertiary/aromatic N) is 1. The maximum atomic E-state index is 11.9. The first kappa shape index (κ1) is 15.2. The summed E-state index contributed by atoms with van der Waals surface area (Å²) in [6, 6.07) is 7.78. The van der Waals surface area contributed by atoms with Crippen LogP contribution < -0.4 is 10.1 Å². The quantitative estimate of drug-likeness (QED) is 0.862. The zero-order valence-electron chi connectivity index (χ0n) is 11.9. The van der Waals surface area contributed by atoms with Crippen LogP contribution in [0.25, 0.3) is 0 Å². The molecule has 1 heterocycles. The van der Waals surface area contributed by atoms with E-state index in [9.17, 15) is 9.59 Å². The van der Waals surface area contributed by atoms with Crippen molar-refractivity contribution in [3.05, 3.63) is 40.8 Å². The van der Waals surface area contributed by atoms with Crippen molar-refractivity contribution >= 4 is 28.3 Å². The number of nitrogens with one attached hydrogen (secondary N) is 1. The Morgan fingerprint density at radius 2 is 2.00 bits per heavy atom. The van der Waals surface area contributed by atoms with Crippen molar-refractivity contribution in [1.29, 1.82) is 0 Å². The monoisotopic (exact) mass is 304 g/mol. The maximum Gasteiger partial charge on any atom is 0.312 e. The number of rotatable bonds is 5. The van der Waals surface area contributed by atoms with Crippen LogP contribution in [0.2, 0.25) is 0 Å². The highest BCUT2D eigenvalue weighted by molar-refractivity contribution is 7.14. The molecule has 0 spiro atoms. The van der Waals surface area contributed by atoms with Crippen molar-refractivity contribution in [3.63, 3.8) is 0 Å². The zero-order chi connectivity index (χ0) is 15.2. The Labute approximate surface area is 127 Å². The van der Waals surface area contributed by atoms with Crippen LogP contribution in [0.1, 0.15) is 24.5 Å². The number of amides is 1. The van der Waals surface area contributed by atoms with Crippen molar-refractivity contribution in [2.24, 2.45) is 0 Å². The zero-order valence-corrected chi connectivity index (χ0v) is 12.7. The lowest BCUT2D eigenvalue weighted by Gasteiger charge is -2.02. The van der Waals surface area contributed by atoms with E-state index in [1.165, 1.54) is 11.3 Å². The molecule has 0 unspecified atom stereocenters. The molecule has 21 heavy (non-hydrogen) atoms. The smallest absolute Gasteiger partial charge is 0.312 e. The Kier molecular flexibility index (Phi) is 5.05. The van der Waals surface area contributed by atoms with Crippen LogP contribution in [0.4, 0.5) is 5.13 Å². The number of thiazole rings is 1. The molecule has 110 valence electrons. The molecule has 0 radical (unpaired) electrons. The normalized spacial score (nSPS) is 10.2. The largest absolute Gasteiger partial charge is 0.406 e. The Balaban J connectivity index is 1.90.